The molecule has 6 heteroatoms. The van der Waals surface area contributed by atoms with Gasteiger partial charge in [-0.1, -0.05) is 6.07 Å². The zero-order chi connectivity index (χ0) is 16.1. The van der Waals surface area contributed by atoms with Gasteiger partial charge in [-0.25, -0.2) is 4.98 Å². The minimum atomic E-state index is 0.166. The molecule has 2 heterocycles. The molecule has 1 aromatic carbocycles. The van der Waals surface area contributed by atoms with Crippen molar-refractivity contribution in [2.75, 3.05) is 37.0 Å². The number of ether oxygens (including phenoxy) is 1. The number of rotatable bonds is 6. The van der Waals surface area contributed by atoms with Crippen molar-refractivity contribution < 1.29 is 9.84 Å². The normalized spacial score (nSPS) is 13.6. The predicted molar refractivity (Wildman–Crippen MR) is 90.0 cm³/mol. The molecule has 0 saturated carbocycles. The molecule has 0 unspecified atom stereocenters. The number of methoxy groups -OCH3 is 1. The van der Waals surface area contributed by atoms with Gasteiger partial charge in [0.15, 0.2) is 0 Å². The van der Waals surface area contributed by atoms with E-state index in [-0.39, 0.29) is 6.61 Å². The second kappa shape index (κ2) is 7.28. The quantitative estimate of drug-likeness (QED) is 0.793. The van der Waals surface area contributed by atoms with Crippen molar-refractivity contribution in [2.45, 2.75) is 19.4 Å². The minimum absolute atomic E-state index is 0.166. The summed E-state index contributed by atoms with van der Waals surface area (Å²) in [6.45, 7) is 2.60. The number of benzene rings is 1. The van der Waals surface area contributed by atoms with Crippen molar-refractivity contribution >= 4 is 11.8 Å². The molecule has 0 aliphatic carbocycles. The Morgan fingerprint density at radius 2 is 2.22 bits per heavy atom. The molecular weight excluding hydrogens is 292 g/mol. The molecule has 1 aliphatic heterocycles. The molecule has 1 aliphatic rings. The highest BCUT2D eigenvalue weighted by Crippen LogP contribution is 2.26. The van der Waals surface area contributed by atoms with E-state index >= 15 is 0 Å². The lowest BCUT2D eigenvalue weighted by Crippen LogP contribution is -2.31. The molecule has 0 fully saturated rings. The summed E-state index contributed by atoms with van der Waals surface area (Å²) < 4.78 is 5.29. The highest BCUT2D eigenvalue weighted by atomic mass is 16.5. The second-order valence-corrected chi connectivity index (χ2v) is 5.55. The van der Waals surface area contributed by atoms with E-state index in [1.807, 2.05) is 12.1 Å². The fourth-order valence-corrected chi connectivity index (χ4v) is 2.74. The summed E-state index contributed by atoms with van der Waals surface area (Å²) in [7, 11) is 1.70. The van der Waals surface area contributed by atoms with Gasteiger partial charge in [0, 0.05) is 32.4 Å². The van der Waals surface area contributed by atoms with Crippen LogP contribution < -0.4 is 15.0 Å². The number of fused-ring (bicyclic) bond motifs is 1. The van der Waals surface area contributed by atoms with Crippen LogP contribution in [0.5, 0.6) is 5.75 Å². The Balaban J connectivity index is 1.71. The summed E-state index contributed by atoms with van der Waals surface area (Å²) >= 11 is 0. The third-order valence-corrected chi connectivity index (χ3v) is 4.01. The predicted octanol–water partition coefficient (Wildman–Crippen LogP) is 1.84. The largest absolute Gasteiger partial charge is 0.497 e. The number of aromatic nitrogens is 2. The smallest absolute Gasteiger partial charge is 0.224 e. The van der Waals surface area contributed by atoms with Gasteiger partial charge in [-0.15, -0.1) is 0 Å². The van der Waals surface area contributed by atoms with Gasteiger partial charge < -0.3 is 20.1 Å². The van der Waals surface area contributed by atoms with Crippen LogP contribution in [-0.2, 0) is 13.0 Å². The van der Waals surface area contributed by atoms with Crippen LogP contribution in [0.3, 0.4) is 0 Å². The number of anilines is 2. The van der Waals surface area contributed by atoms with E-state index in [9.17, 15) is 0 Å². The highest BCUT2D eigenvalue weighted by molar-refractivity contribution is 5.47. The molecule has 2 N–H and O–H groups in total. The van der Waals surface area contributed by atoms with E-state index in [2.05, 4.69) is 32.3 Å². The maximum atomic E-state index is 8.84. The Kier molecular flexibility index (Phi) is 4.92. The molecule has 2 aromatic rings. The first-order chi connectivity index (χ1) is 11.3. The lowest BCUT2D eigenvalue weighted by atomic mass is 9.99. The summed E-state index contributed by atoms with van der Waals surface area (Å²) in [6.07, 6.45) is 3.43. The van der Waals surface area contributed by atoms with Gasteiger partial charge in [0.05, 0.1) is 7.11 Å². The Labute approximate surface area is 136 Å². The van der Waals surface area contributed by atoms with Gasteiger partial charge in [-0.05, 0) is 42.2 Å². The third kappa shape index (κ3) is 3.71. The maximum Gasteiger partial charge on any atom is 0.224 e. The standard InChI is InChI=1S/C17H22N4O2/c1-23-15-4-3-14-12-21(9-6-13(14)11-15)16-5-8-19-17(20-16)18-7-2-10-22/h3-5,8,11,22H,2,6-7,9-10,12H2,1H3,(H,18,19,20). The lowest BCUT2D eigenvalue weighted by molar-refractivity contribution is 0.292. The van der Waals surface area contributed by atoms with Gasteiger partial charge in [-0.2, -0.15) is 4.98 Å². The Hall–Kier alpha value is -2.34. The van der Waals surface area contributed by atoms with Crippen molar-refractivity contribution in [3.05, 3.63) is 41.6 Å². The first kappa shape index (κ1) is 15.6. The first-order valence-electron chi connectivity index (χ1n) is 7.88. The van der Waals surface area contributed by atoms with E-state index in [1.54, 1.807) is 13.3 Å². The summed E-state index contributed by atoms with van der Waals surface area (Å²) in [5.74, 6) is 2.44. The summed E-state index contributed by atoms with van der Waals surface area (Å²) in [5.41, 5.74) is 2.65. The van der Waals surface area contributed by atoms with Crippen LogP contribution >= 0.6 is 0 Å². The molecule has 0 amide bonds. The van der Waals surface area contributed by atoms with Gasteiger partial charge >= 0.3 is 0 Å². The Morgan fingerprint density at radius 3 is 3.04 bits per heavy atom. The molecule has 122 valence electrons. The first-order valence-corrected chi connectivity index (χ1v) is 7.88. The second-order valence-electron chi connectivity index (χ2n) is 5.55. The van der Waals surface area contributed by atoms with Crippen LogP contribution in [0.4, 0.5) is 11.8 Å². The van der Waals surface area contributed by atoms with Gasteiger partial charge in [0.2, 0.25) is 5.95 Å². The molecule has 6 nitrogen and oxygen atoms in total. The zero-order valence-corrected chi connectivity index (χ0v) is 13.3. The van der Waals surface area contributed by atoms with Crippen LogP contribution in [0.1, 0.15) is 17.5 Å². The van der Waals surface area contributed by atoms with E-state index in [1.165, 1.54) is 11.1 Å². The zero-order valence-electron chi connectivity index (χ0n) is 13.3. The molecule has 0 saturated heterocycles. The number of aliphatic hydroxyl groups excluding tert-OH is 1. The fraction of sp³-hybridized carbons (Fsp3) is 0.412. The summed E-state index contributed by atoms with van der Waals surface area (Å²) in [5, 5.41) is 12.0. The molecular formula is C17H22N4O2. The molecule has 3 rings (SSSR count). The SMILES string of the molecule is COc1ccc2c(c1)CCN(c1ccnc(NCCCO)n1)C2. The molecule has 0 spiro atoms. The molecule has 23 heavy (non-hydrogen) atoms. The topological polar surface area (TPSA) is 70.5 Å². The van der Waals surface area contributed by atoms with Crippen molar-refractivity contribution in [1.82, 2.24) is 9.97 Å². The molecule has 0 bridgehead atoms. The van der Waals surface area contributed by atoms with Crippen LogP contribution in [0.15, 0.2) is 30.5 Å². The minimum Gasteiger partial charge on any atom is -0.497 e. The van der Waals surface area contributed by atoms with Crippen molar-refractivity contribution in [3.8, 4) is 5.75 Å². The average Bonchev–Trinajstić information content (AvgIpc) is 2.61. The van der Waals surface area contributed by atoms with E-state index in [0.29, 0.717) is 18.9 Å². The Bertz CT molecular complexity index is 663. The van der Waals surface area contributed by atoms with Crippen molar-refractivity contribution in [2.24, 2.45) is 0 Å². The highest BCUT2D eigenvalue weighted by Gasteiger charge is 2.18. The average molecular weight is 314 g/mol. The monoisotopic (exact) mass is 314 g/mol. The van der Waals surface area contributed by atoms with Gasteiger partial charge in [0.25, 0.3) is 0 Å². The number of hydrogen-bond acceptors (Lipinski definition) is 6. The van der Waals surface area contributed by atoms with Crippen molar-refractivity contribution in [3.63, 3.8) is 0 Å². The molecule has 0 radical (unpaired) electrons. The summed E-state index contributed by atoms with van der Waals surface area (Å²) in [6, 6.07) is 8.19. The number of nitrogens with zero attached hydrogens (tertiary/aromatic N) is 3. The molecule has 1 aromatic heterocycles. The number of aliphatic hydroxyl groups is 1. The van der Waals surface area contributed by atoms with E-state index in [0.717, 1.165) is 31.1 Å². The van der Waals surface area contributed by atoms with Crippen LogP contribution in [0.25, 0.3) is 0 Å². The number of hydrogen-bond donors (Lipinski definition) is 2. The summed E-state index contributed by atoms with van der Waals surface area (Å²) in [4.78, 5) is 11.1. The van der Waals surface area contributed by atoms with E-state index in [4.69, 9.17) is 9.84 Å². The lowest BCUT2D eigenvalue weighted by Gasteiger charge is -2.30. The van der Waals surface area contributed by atoms with Gasteiger partial charge in [0.1, 0.15) is 11.6 Å². The molecule has 0 atom stereocenters. The van der Waals surface area contributed by atoms with Crippen LogP contribution in [-0.4, -0.2) is 41.9 Å². The maximum absolute atomic E-state index is 8.84. The Morgan fingerprint density at radius 1 is 1.30 bits per heavy atom. The van der Waals surface area contributed by atoms with Crippen LogP contribution in [0, 0.1) is 0 Å². The van der Waals surface area contributed by atoms with Crippen molar-refractivity contribution in [1.29, 1.82) is 0 Å². The van der Waals surface area contributed by atoms with Crippen LogP contribution in [0.2, 0.25) is 0 Å². The number of nitrogens with one attached hydrogen (secondary N) is 1. The van der Waals surface area contributed by atoms with E-state index < -0.39 is 0 Å². The van der Waals surface area contributed by atoms with Gasteiger partial charge in [-0.3, -0.25) is 0 Å². The fourth-order valence-electron chi connectivity index (χ4n) is 2.74. The third-order valence-electron chi connectivity index (χ3n) is 4.01.